The fourth-order valence-electron chi connectivity index (χ4n) is 1.61. The number of nitrogens with zero attached hydrogens (tertiary/aromatic N) is 2. The SMILES string of the molecule is O=C(Nc1cccc[n+]1Cc1ccc(Cl)nc1)C(F)(F)F. The molecule has 0 aliphatic rings. The Labute approximate surface area is 123 Å². The second-order valence-corrected chi connectivity index (χ2v) is 4.54. The fraction of sp³-hybridized carbons (Fsp3) is 0.154. The van der Waals surface area contributed by atoms with Crippen LogP contribution in [0.3, 0.4) is 0 Å². The van der Waals surface area contributed by atoms with Gasteiger partial charge >= 0.3 is 12.1 Å². The lowest BCUT2D eigenvalue weighted by Gasteiger charge is -2.07. The number of alkyl halides is 3. The summed E-state index contributed by atoms with van der Waals surface area (Å²) in [6.07, 6.45) is -1.87. The molecule has 21 heavy (non-hydrogen) atoms. The summed E-state index contributed by atoms with van der Waals surface area (Å²) in [7, 11) is 0. The predicted molar refractivity (Wildman–Crippen MR) is 69.7 cm³/mol. The number of halogens is 4. The van der Waals surface area contributed by atoms with Gasteiger partial charge in [0.1, 0.15) is 11.7 Å². The lowest BCUT2D eigenvalue weighted by molar-refractivity contribution is -0.674. The molecule has 0 unspecified atom stereocenters. The molecule has 1 N–H and O–H groups in total. The van der Waals surface area contributed by atoms with Crippen molar-refractivity contribution in [1.82, 2.24) is 4.98 Å². The van der Waals surface area contributed by atoms with Gasteiger partial charge in [0.2, 0.25) is 0 Å². The third kappa shape index (κ3) is 4.16. The van der Waals surface area contributed by atoms with E-state index in [1.165, 1.54) is 22.9 Å². The van der Waals surface area contributed by atoms with Crippen molar-refractivity contribution in [2.24, 2.45) is 0 Å². The monoisotopic (exact) mass is 316 g/mol. The molecule has 2 rings (SSSR count). The maximum atomic E-state index is 12.3. The largest absolute Gasteiger partial charge is 0.495 e. The van der Waals surface area contributed by atoms with Crippen LogP contribution in [0.2, 0.25) is 5.15 Å². The molecular formula is C13H10ClF3N3O+. The van der Waals surface area contributed by atoms with Crippen molar-refractivity contribution >= 4 is 23.3 Å². The number of pyridine rings is 2. The maximum absolute atomic E-state index is 12.3. The molecule has 2 heterocycles. The summed E-state index contributed by atoms with van der Waals surface area (Å²) in [6, 6.07) is 7.83. The molecule has 0 aliphatic carbocycles. The second-order valence-electron chi connectivity index (χ2n) is 4.15. The fourth-order valence-corrected chi connectivity index (χ4v) is 1.72. The van der Waals surface area contributed by atoms with E-state index in [0.29, 0.717) is 5.15 Å². The van der Waals surface area contributed by atoms with Gasteiger partial charge in [-0.1, -0.05) is 23.7 Å². The first kappa shape index (κ1) is 15.2. The van der Waals surface area contributed by atoms with Crippen LogP contribution in [-0.4, -0.2) is 17.1 Å². The van der Waals surface area contributed by atoms with Crippen molar-refractivity contribution in [2.75, 3.05) is 5.32 Å². The molecule has 0 aromatic carbocycles. The first-order valence-corrected chi connectivity index (χ1v) is 6.21. The summed E-state index contributed by atoms with van der Waals surface area (Å²) in [4.78, 5) is 14.9. The van der Waals surface area contributed by atoms with Gasteiger partial charge in [-0.25, -0.2) is 19.7 Å². The first-order chi connectivity index (χ1) is 9.86. The summed E-state index contributed by atoms with van der Waals surface area (Å²) in [5.41, 5.74) is 0.734. The molecule has 2 aromatic rings. The van der Waals surface area contributed by atoms with Crippen LogP contribution in [0.15, 0.2) is 42.7 Å². The highest BCUT2D eigenvalue weighted by Gasteiger charge is 2.43. The lowest BCUT2D eigenvalue weighted by Crippen LogP contribution is -2.41. The van der Waals surface area contributed by atoms with Gasteiger partial charge in [-0.3, -0.25) is 0 Å². The Bertz CT molecular complexity index is 644. The number of amides is 1. The molecule has 0 atom stereocenters. The molecule has 4 nitrogen and oxygen atoms in total. The average molecular weight is 317 g/mol. The van der Waals surface area contributed by atoms with Crippen LogP contribution in [0.1, 0.15) is 5.56 Å². The van der Waals surface area contributed by atoms with Gasteiger partial charge in [0, 0.05) is 17.8 Å². The van der Waals surface area contributed by atoms with E-state index in [-0.39, 0.29) is 12.4 Å². The normalized spacial score (nSPS) is 11.2. The number of rotatable bonds is 3. The second kappa shape index (κ2) is 6.09. The number of hydrogen-bond donors (Lipinski definition) is 1. The Hall–Kier alpha value is -2.15. The highest BCUT2D eigenvalue weighted by Crippen LogP contribution is 2.16. The number of carbonyl (C=O) groups excluding carboxylic acids is 1. The maximum Gasteiger partial charge on any atom is 0.495 e. The van der Waals surface area contributed by atoms with Crippen molar-refractivity contribution in [3.05, 3.63) is 53.4 Å². The third-order valence-electron chi connectivity index (χ3n) is 2.58. The van der Waals surface area contributed by atoms with Crippen molar-refractivity contribution in [3.8, 4) is 0 Å². The van der Waals surface area contributed by atoms with Gasteiger partial charge < -0.3 is 0 Å². The summed E-state index contributed by atoms with van der Waals surface area (Å²) in [6.45, 7) is 0.248. The van der Waals surface area contributed by atoms with Gasteiger partial charge in [-0.2, -0.15) is 13.2 Å². The first-order valence-electron chi connectivity index (χ1n) is 5.83. The Morgan fingerprint density at radius 2 is 2.05 bits per heavy atom. The van der Waals surface area contributed by atoms with E-state index in [0.717, 1.165) is 5.56 Å². The van der Waals surface area contributed by atoms with Crippen LogP contribution in [0.5, 0.6) is 0 Å². The number of hydrogen-bond acceptors (Lipinski definition) is 2. The van der Waals surface area contributed by atoms with E-state index < -0.39 is 12.1 Å². The molecule has 110 valence electrons. The minimum Gasteiger partial charge on any atom is -0.244 e. The highest BCUT2D eigenvalue weighted by molar-refractivity contribution is 6.29. The molecule has 0 bridgehead atoms. The van der Waals surface area contributed by atoms with E-state index in [4.69, 9.17) is 11.6 Å². The van der Waals surface area contributed by atoms with Crippen LogP contribution >= 0.6 is 11.6 Å². The van der Waals surface area contributed by atoms with Gasteiger partial charge in [0.25, 0.3) is 5.82 Å². The molecule has 0 spiro atoms. The minimum atomic E-state index is -4.94. The van der Waals surface area contributed by atoms with Gasteiger partial charge in [-0.05, 0) is 12.1 Å². The molecule has 0 fully saturated rings. The van der Waals surface area contributed by atoms with E-state index in [1.807, 2.05) is 5.32 Å². The Morgan fingerprint density at radius 1 is 1.29 bits per heavy atom. The highest BCUT2D eigenvalue weighted by atomic mass is 35.5. The van der Waals surface area contributed by atoms with Crippen molar-refractivity contribution in [1.29, 1.82) is 0 Å². The number of anilines is 1. The molecule has 0 radical (unpaired) electrons. The minimum absolute atomic E-state index is 0.0368. The van der Waals surface area contributed by atoms with Crippen LogP contribution in [0, 0.1) is 0 Å². The Balaban J connectivity index is 2.21. The number of nitrogens with one attached hydrogen (secondary N) is 1. The van der Waals surface area contributed by atoms with E-state index in [2.05, 4.69) is 4.98 Å². The standard InChI is InChI=1S/C13H9ClF3N3O/c14-10-5-4-9(7-18-10)8-20-6-2-1-3-11(20)19-12(21)13(15,16)17/h1-7H,8H2/p+1. The predicted octanol–water partition coefficient (Wildman–Crippen LogP) is 2.57. The smallest absolute Gasteiger partial charge is 0.244 e. The van der Waals surface area contributed by atoms with Crippen molar-refractivity contribution in [2.45, 2.75) is 12.7 Å². The van der Waals surface area contributed by atoms with Crippen molar-refractivity contribution < 1.29 is 22.5 Å². The third-order valence-corrected chi connectivity index (χ3v) is 2.80. The zero-order chi connectivity index (χ0) is 15.5. The molecule has 0 aliphatic heterocycles. The lowest BCUT2D eigenvalue weighted by atomic mass is 10.3. The van der Waals surface area contributed by atoms with Crippen LogP contribution in [-0.2, 0) is 11.3 Å². The molecule has 2 aromatic heterocycles. The Morgan fingerprint density at radius 3 is 2.67 bits per heavy atom. The zero-order valence-electron chi connectivity index (χ0n) is 10.6. The molecular weight excluding hydrogens is 307 g/mol. The number of carbonyl (C=O) groups is 1. The molecule has 1 amide bonds. The number of aromatic nitrogens is 2. The van der Waals surface area contributed by atoms with E-state index in [1.54, 1.807) is 24.4 Å². The summed E-state index contributed by atoms with van der Waals surface area (Å²) in [5.74, 6) is -1.98. The summed E-state index contributed by atoms with van der Waals surface area (Å²) >= 11 is 5.67. The van der Waals surface area contributed by atoms with E-state index in [9.17, 15) is 18.0 Å². The average Bonchev–Trinajstić information content (AvgIpc) is 2.42. The molecule has 8 heteroatoms. The molecule has 0 saturated heterocycles. The van der Waals surface area contributed by atoms with Crippen LogP contribution in [0.25, 0.3) is 0 Å². The van der Waals surface area contributed by atoms with Gasteiger partial charge in [0.15, 0.2) is 0 Å². The van der Waals surface area contributed by atoms with Gasteiger partial charge in [0.05, 0.1) is 6.20 Å². The zero-order valence-corrected chi connectivity index (χ0v) is 11.3. The van der Waals surface area contributed by atoms with Crippen LogP contribution in [0.4, 0.5) is 19.0 Å². The summed E-state index contributed by atoms with van der Waals surface area (Å²) in [5, 5.41) is 2.16. The summed E-state index contributed by atoms with van der Waals surface area (Å²) < 4.78 is 38.3. The van der Waals surface area contributed by atoms with Gasteiger partial charge in [-0.15, -0.1) is 0 Å². The van der Waals surface area contributed by atoms with E-state index >= 15 is 0 Å². The Kier molecular flexibility index (Phi) is 4.42. The molecule has 0 saturated carbocycles. The van der Waals surface area contributed by atoms with Crippen molar-refractivity contribution in [3.63, 3.8) is 0 Å². The van der Waals surface area contributed by atoms with Crippen LogP contribution < -0.4 is 9.88 Å². The topological polar surface area (TPSA) is 45.9 Å². The quantitative estimate of drug-likeness (QED) is 0.699.